The molecule has 30 heavy (non-hydrogen) atoms. The highest BCUT2D eigenvalue weighted by molar-refractivity contribution is 5.94. The second-order valence-corrected chi connectivity index (χ2v) is 8.05. The third-order valence-electron chi connectivity index (χ3n) is 5.97. The molecule has 2 fully saturated rings. The number of benzene rings is 1. The molecule has 1 amide bonds. The van der Waals surface area contributed by atoms with Gasteiger partial charge in [-0.3, -0.25) is 9.20 Å². The van der Waals surface area contributed by atoms with Crippen molar-refractivity contribution < 1.29 is 14.3 Å². The van der Waals surface area contributed by atoms with E-state index in [1.165, 1.54) is 0 Å². The summed E-state index contributed by atoms with van der Waals surface area (Å²) in [4.78, 5) is 15.0. The van der Waals surface area contributed by atoms with E-state index >= 15 is 0 Å². The average molecular weight is 406 g/mol. The Kier molecular flexibility index (Phi) is 5.36. The molecule has 1 aromatic carbocycles. The molecule has 2 aliphatic rings. The minimum Gasteiger partial charge on any atom is -0.491 e. The van der Waals surface area contributed by atoms with Crippen molar-refractivity contribution in [3.8, 4) is 5.75 Å². The van der Waals surface area contributed by atoms with Crippen LogP contribution in [-0.2, 0) is 4.74 Å². The first-order valence-electron chi connectivity index (χ1n) is 10.7. The average Bonchev–Trinajstić information content (AvgIpc) is 3.48. The van der Waals surface area contributed by atoms with Crippen LogP contribution in [0.1, 0.15) is 47.8 Å². The monoisotopic (exact) mass is 406 g/mol. The van der Waals surface area contributed by atoms with Gasteiger partial charge in [0.1, 0.15) is 18.2 Å². The molecule has 7 nitrogen and oxygen atoms in total. The molecule has 0 radical (unpaired) electrons. The van der Waals surface area contributed by atoms with Gasteiger partial charge in [-0.2, -0.15) is 0 Å². The highest BCUT2D eigenvalue weighted by Crippen LogP contribution is 2.27. The molecule has 3 aromatic rings. The highest BCUT2D eigenvalue weighted by Gasteiger charge is 2.28. The Hall–Kier alpha value is -2.93. The first-order chi connectivity index (χ1) is 14.8. The van der Waals surface area contributed by atoms with E-state index in [9.17, 15) is 4.79 Å². The van der Waals surface area contributed by atoms with Crippen molar-refractivity contribution in [1.29, 1.82) is 0 Å². The predicted octanol–water partition coefficient (Wildman–Crippen LogP) is 3.31. The zero-order valence-corrected chi connectivity index (χ0v) is 16.9. The summed E-state index contributed by atoms with van der Waals surface area (Å²) in [5.74, 6) is 1.95. The van der Waals surface area contributed by atoms with Crippen molar-refractivity contribution in [2.24, 2.45) is 0 Å². The van der Waals surface area contributed by atoms with Gasteiger partial charge in [-0.25, -0.2) is 0 Å². The van der Waals surface area contributed by atoms with E-state index in [2.05, 4.69) is 10.2 Å². The molecule has 0 aliphatic carbocycles. The molecule has 0 N–H and O–H groups in total. The van der Waals surface area contributed by atoms with Crippen molar-refractivity contribution in [2.75, 3.05) is 26.3 Å². The van der Waals surface area contributed by atoms with Gasteiger partial charge in [-0.1, -0.05) is 6.07 Å². The van der Waals surface area contributed by atoms with Crippen molar-refractivity contribution in [3.63, 3.8) is 0 Å². The summed E-state index contributed by atoms with van der Waals surface area (Å²) in [7, 11) is 0. The van der Waals surface area contributed by atoms with Crippen LogP contribution in [0, 0.1) is 0 Å². The largest absolute Gasteiger partial charge is 0.491 e. The summed E-state index contributed by atoms with van der Waals surface area (Å²) in [5, 5.41) is 8.66. The summed E-state index contributed by atoms with van der Waals surface area (Å²) in [6.07, 6.45) is 6.29. The van der Waals surface area contributed by atoms with Gasteiger partial charge in [-0.15, -0.1) is 10.2 Å². The molecule has 0 saturated carbocycles. The van der Waals surface area contributed by atoms with Crippen molar-refractivity contribution in [3.05, 3.63) is 60.0 Å². The Labute approximate surface area is 175 Å². The van der Waals surface area contributed by atoms with E-state index in [1.807, 2.05) is 58.0 Å². The van der Waals surface area contributed by atoms with E-state index < -0.39 is 0 Å². The van der Waals surface area contributed by atoms with Gasteiger partial charge in [0, 0.05) is 37.4 Å². The minimum absolute atomic E-state index is 0.0548. The number of carbonyl (C=O) groups is 1. The Morgan fingerprint density at radius 3 is 2.83 bits per heavy atom. The lowest BCUT2D eigenvalue weighted by Gasteiger charge is -2.32. The molecular formula is C23H26N4O3. The third kappa shape index (κ3) is 3.89. The predicted molar refractivity (Wildman–Crippen MR) is 112 cm³/mol. The molecule has 7 heteroatoms. The number of piperidine rings is 1. The number of rotatable bonds is 5. The molecule has 0 bridgehead atoms. The second-order valence-electron chi connectivity index (χ2n) is 8.05. The van der Waals surface area contributed by atoms with Crippen molar-refractivity contribution in [1.82, 2.24) is 19.5 Å². The van der Waals surface area contributed by atoms with Gasteiger partial charge in [0.05, 0.1) is 6.10 Å². The Morgan fingerprint density at radius 2 is 2.00 bits per heavy atom. The lowest BCUT2D eigenvalue weighted by Crippen LogP contribution is -2.39. The van der Waals surface area contributed by atoms with Crippen LogP contribution in [0.5, 0.6) is 5.75 Å². The van der Waals surface area contributed by atoms with E-state index in [0.29, 0.717) is 18.7 Å². The summed E-state index contributed by atoms with van der Waals surface area (Å²) < 4.78 is 13.4. The quantitative estimate of drug-likeness (QED) is 0.650. The van der Waals surface area contributed by atoms with Crippen LogP contribution in [-0.4, -0.2) is 57.8 Å². The van der Waals surface area contributed by atoms with Crippen LogP contribution in [0.3, 0.4) is 0 Å². The molecule has 2 aromatic heterocycles. The van der Waals surface area contributed by atoms with Crippen LogP contribution in [0.4, 0.5) is 0 Å². The maximum absolute atomic E-state index is 13.1. The summed E-state index contributed by atoms with van der Waals surface area (Å²) in [6.45, 7) is 2.81. The molecule has 5 rings (SSSR count). The van der Waals surface area contributed by atoms with Gasteiger partial charge < -0.3 is 14.4 Å². The number of aromatic nitrogens is 3. The lowest BCUT2D eigenvalue weighted by molar-refractivity contribution is 0.0676. The van der Waals surface area contributed by atoms with Crippen molar-refractivity contribution >= 4 is 11.6 Å². The van der Waals surface area contributed by atoms with Gasteiger partial charge in [0.15, 0.2) is 5.65 Å². The number of nitrogens with zero attached hydrogens (tertiary/aromatic N) is 4. The number of hydrogen-bond acceptors (Lipinski definition) is 5. The maximum Gasteiger partial charge on any atom is 0.253 e. The van der Waals surface area contributed by atoms with E-state index in [0.717, 1.165) is 56.1 Å². The molecular weight excluding hydrogens is 380 g/mol. The normalized spacial score (nSPS) is 21.8. The molecule has 0 spiro atoms. The van der Waals surface area contributed by atoms with Gasteiger partial charge >= 0.3 is 0 Å². The number of hydrogen-bond donors (Lipinski definition) is 0. The van der Waals surface area contributed by atoms with Crippen LogP contribution in [0.15, 0.2) is 48.7 Å². The fourth-order valence-electron chi connectivity index (χ4n) is 4.35. The van der Waals surface area contributed by atoms with Gasteiger partial charge in [0.2, 0.25) is 0 Å². The van der Waals surface area contributed by atoms with Crippen LogP contribution in [0.2, 0.25) is 0 Å². The van der Waals surface area contributed by atoms with Gasteiger partial charge in [-0.05, 0) is 62.1 Å². The maximum atomic E-state index is 13.1. The summed E-state index contributed by atoms with van der Waals surface area (Å²) in [5.41, 5.74) is 1.53. The van der Waals surface area contributed by atoms with Crippen molar-refractivity contribution in [2.45, 2.75) is 37.7 Å². The fraction of sp³-hybridized carbons (Fsp3) is 0.435. The second kappa shape index (κ2) is 8.44. The smallest absolute Gasteiger partial charge is 0.253 e. The highest BCUT2D eigenvalue weighted by atomic mass is 16.5. The fourth-order valence-corrected chi connectivity index (χ4v) is 4.35. The Balaban J connectivity index is 1.24. The number of pyridine rings is 1. The minimum atomic E-state index is 0.0548. The first-order valence-corrected chi connectivity index (χ1v) is 10.7. The number of likely N-dealkylation sites (tertiary alicyclic amines) is 1. The standard InChI is InChI=1S/C23H26N4O3/c28-23(17-8-10-19(11-9-17)30-16-20-6-4-14-29-20)26-12-3-5-18(15-26)22-25-24-21-7-1-2-13-27(21)22/h1-2,7-11,13,18,20H,3-6,12,14-16H2/t18-,20+/m1/s1. The van der Waals surface area contributed by atoms with Gasteiger partial charge in [0.25, 0.3) is 5.91 Å². The molecule has 156 valence electrons. The molecule has 0 unspecified atom stereocenters. The van der Waals surface area contributed by atoms with E-state index in [-0.39, 0.29) is 17.9 Å². The lowest BCUT2D eigenvalue weighted by atomic mass is 9.96. The number of ether oxygens (including phenoxy) is 2. The number of amides is 1. The summed E-state index contributed by atoms with van der Waals surface area (Å²) in [6, 6.07) is 13.3. The zero-order chi connectivity index (χ0) is 20.3. The molecule has 2 aliphatic heterocycles. The van der Waals surface area contributed by atoms with E-state index in [4.69, 9.17) is 9.47 Å². The SMILES string of the molecule is O=C(c1ccc(OC[C@@H]2CCCO2)cc1)N1CCC[C@@H](c2nnc3ccccn23)C1. The Morgan fingerprint density at radius 1 is 1.10 bits per heavy atom. The topological polar surface area (TPSA) is 69.0 Å². The van der Waals surface area contributed by atoms with Crippen LogP contribution in [0.25, 0.3) is 5.65 Å². The van der Waals surface area contributed by atoms with Crippen LogP contribution < -0.4 is 4.74 Å². The third-order valence-corrected chi connectivity index (χ3v) is 5.97. The molecule has 2 atom stereocenters. The number of fused-ring (bicyclic) bond motifs is 1. The van der Waals surface area contributed by atoms with Crippen LogP contribution >= 0.6 is 0 Å². The summed E-state index contributed by atoms with van der Waals surface area (Å²) >= 11 is 0. The molecule has 2 saturated heterocycles. The van der Waals surface area contributed by atoms with E-state index in [1.54, 1.807) is 0 Å². The first kappa shape index (κ1) is 19.1. The molecule has 4 heterocycles. The number of carbonyl (C=O) groups excluding carboxylic acids is 1. The Bertz CT molecular complexity index is 1010. The zero-order valence-electron chi connectivity index (χ0n) is 16.9.